The number of aryl methyl sites for hydroxylation is 1. The molecule has 0 heterocycles. The number of nitrogens with zero attached hydrogens (tertiary/aromatic N) is 1. The van der Waals surface area contributed by atoms with E-state index in [2.05, 4.69) is 0 Å². The van der Waals surface area contributed by atoms with Crippen LogP contribution in [-0.2, 0) is 11.2 Å². The Morgan fingerprint density at radius 3 is 2.35 bits per heavy atom. The van der Waals surface area contributed by atoms with Crippen LogP contribution in [-0.4, -0.2) is 36.5 Å². The molecule has 0 aliphatic carbocycles. The lowest BCUT2D eigenvalue weighted by atomic mass is 10.1. The first-order valence-electron chi connectivity index (χ1n) is 7.31. The van der Waals surface area contributed by atoms with Crippen LogP contribution in [0.1, 0.15) is 32.8 Å². The maximum Gasteiger partial charge on any atom is 0.260 e. The second kappa shape index (κ2) is 8.59. The summed E-state index contributed by atoms with van der Waals surface area (Å²) >= 11 is 0. The summed E-state index contributed by atoms with van der Waals surface area (Å²) in [5, 5.41) is 0. The van der Waals surface area contributed by atoms with Crippen LogP contribution in [0, 0.1) is 0 Å². The van der Waals surface area contributed by atoms with Crippen molar-refractivity contribution in [2.75, 3.05) is 19.7 Å². The average molecular weight is 278 g/mol. The number of hydrogen-bond donors (Lipinski definition) is 1. The molecule has 1 rings (SSSR count). The number of amides is 1. The number of nitrogens with two attached hydrogens (primary N) is 1. The van der Waals surface area contributed by atoms with E-state index in [1.165, 1.54) is 5.56 Å². The molecule has 0 aromatic heterocycles. The Kier molecular flexibility index (Phi) is 7.09. The van der Waals surface area contributed by atoms with E-state index in [-0.39, 0.29) is 18.6 Å². The van der Waals surface area contributed by atoms with Crippen molar-refractivity contribution in [3.63, 3.8) is 0 Å². The SMILES string of the molecule is CCN(CC)C(=O)COc1ccc(CCC(C)N)cc1. The normalized spacial score (nSPS) is 12.0. The van der Waals surface area contributed by atoms with Gasteiger partial charge in [0.15, 0.2) is 6.61 Å². The highest BCUT2D eigenvalue weighted by Gasteiger charge is 2.09. The second-order valence-corrected chi connectivity index (χ2v) is 5.01. The number of likely N-dealkylation sites (N-methyl/N-ethyl adjacent to an activating group) is 1. The third kappa shape index (κ3) is 5.61. The van der Waals surface area contributed by atoms with E-state index < -0.39 is 0 Å². The van der Waals surface area contributed by atoms with E-state index in [0.29, 0.717) is 0 Å². The first-order valence-corrected chi connectivity index (χ1v) is 7.31. The van der Waals surface area contributed by atoms with Crippen LogP contribution in [0.4, 0.5) is 0 Å². The van der Waals surface area contributed by atoms with Gasteiger partial charge in [-0.25, -0.2) is 0 Å². The van der Waals surface area contributed by atoms with Crippen molar-refractivity contribution in [2.45, 2.75) is 39.7 Å². The Bertz CT molecular complexity index is 397. The standard InChI is InChI=1S/C16H26N2O2/c1-4-18(5-2)16(19)12-20-15-10-8-14(9-11-15)7-6-13(3)17/h8-11,13H,4-7,12,17H2,1-3H3. The molecule has 0 aliphatic heterocycles. The molecule has 0 fully saturated rings. The van der Waals surface area contributed by atoms with Crippen LogP contribution in [0.3, 0.4) is 0 Å². The molecule has 1 aromatic carbocycles. The Morgan fingerprint density at radius 2 is 1.85 bits per heavy atom. The lowest BCUT2D eigenvalue weighted by Crippen LogP contribution is -2.34. The summed E-state index contributed by atoms with van der Waals surface area (Å²) in [6.07, 6.45) is 1.94. The largest absolute Gasteiger partial charge is 0.484 e. The molecule has 1 unspecified atom stereocenters. The molecule has 0 radical (unpaired) electrons. The van der Waals surface area contributed by atoms with Gasteiger partial charge in [0.05, 0.1) is 0 Å². The molecule has 0 spiro atoms. The monoisotopic (exact) mass is 278 g/mol. The smallest absolute Gasteiger partial charge is 0.260 e. The van der Waals surface area contributed by atoms with Gasteiger partial charge in [-0.05, 0) is 51.3 Å². The van der Waals surface area contributed by atoms with Gasteiger partial charge >= 0.3 is 0 Å². The number of carbonyl (C=O) groups excluding carboxylic acids is 1. The molecule has 0 aliphatic rings. The van der Waals surface area contributed by atoms with E-state index in [1.807, 2.05) is 45.0 Å². The van der Waals surface area contributed by atoms with Crippen LogP contribution in [0.5, 0.6) is 5.75 Å². The Morgan fingerprint density at radius 1 is 1.25 bits per heavy atom. The molecule has 20 heavy (non-hydrogen) atoms. The summed E-state index contributed by atoms with van der Waals surface area (Å²) in [4.78, 5) is 13.6. The molecular formula is C16H26N2O2. The predicted molar refractivity (Wildman–Crippen MR) is 81.8 cm³/mol. The van der Waals surface area contributed by atoms with Crippen molar-refractivity contribution >= 4 is 5.91 Å². The van der Waals surface area contributed by atoms with Crippen LogP contribution in [0.15, 0.2) is 24.3 Å². The highest BCUT2D eigenvalue weighted by atomic mass is 16.5. The highest BCUT2D eigenvalue weighted by molar-refractivity contribution is 5.77. The van der Waals surface area contributed by atoms with Gasteiger partial charge in [-0.15, -0.1) is 0 Å². The van der Waals surface area contributed by atoms with Crippen molar-refractivity contribution < 1.29 is 9.53 Å². The topological polar surface area (TPSA) is 55.6 Å². The van der Waals surface area contributed by atoms with Crippen molar-refractivity contribution in [1.82, 2.24) is 4.90 Å². The first-order chi connectivity index (χ1) is 9.56. The van der Waals surface area contributed by atoms with Crippen LogP contribution in [0.25, 0.3) is 0 Å². The Hall–Kier alpha value is -1.55. The lowest BCUT2D eigenvalue weighted by Gasteiger charge is -2.18. The summed E-state index contributed by atoms with van der Waals surface area (Å²) in [5.41, 5.74) is 6.98. The second-order valence-electron chi connectivity index (χ2n) is 5.01. The number of carbonyl (C=O) groups is 1. The van der Waals surface area contributed by atoms with E-state index >= 15 is 0 Å². The summed E-state index contributed by atoms with van der Waals surface area (Å²) < 4.78 is 5.52. The zero-order valence-electron chi connectivity index (χ0n) is 12.8. The molecule has 1 amide bonds. The fraction of sp³-hybridized carbons (Fsp3) is 0.562. The Balaban J connectivity index is 2.43. The third-order valence-corrected chi connectivity index (χ3v) is 3.29. The molecule has 112 valence electrons. The fourth-order valence-corrected chi connectivity index (χ4v) is 1.96. The quantitative estimate of drug-likeness (QED) is 0.793. The average Bonchev–Trinajstić information content (AvgIpc) is 2.45. The Labute approximate surface area is 121 Å². The van der Waals surface area contributed by atoms with Gasteiger partial charge < -0.3 is 15.4 Å². The highest BCUT2D eigenvalue weighted by Crippen LogP contribution is 2.14. The number of hydrogen-bond acceptors (Lipinski definition) is 3. The van der Waals surface area contributed by atoms with E-state index in [0.717, 1.165) is 31.7 Å². The molecule has 0 saturated carbocycles. The summed E-state index contributed by atoms with van der Waals surface area (Å²) in [5.74, 6) is 0.756. The van der Waals surface area contributed by atoms with Gasteiger partial charge in [0.1, 0.15) is 5.75 Å². The third-order valence-electron chi connectivity index (χ3n) is 3.29. The molecule has 1 aromatic rings. The minimum atomic E-state index is 0.0241. The number of ether oxygens (including phenoxy) is 1. The molecule has 2 N–H and O–H groups in total. The minimum Gasteiger partial charge on any atom is -0.484 e. The van der Waals surface area contributed by atoms with Gasteiger partial charge in [0, 0.05) is 19.1 Å². The molecule has 4 nitrogen and oxygen atoms in total. The lowest BCUT2D eigenvalue weighted by molar-refractivity contribution is -0.132. The van der Waals surface area contributed by atoms with E-state index in [9.17, 15) is 4.79 Å². The molecule has 4 heteroatoms. The van der Waals surface area contributed by atoms with Crippen molar-refractivity contribution in [3.05, 3.63) is 29.8 Å². The van der Waals surface area contributed by atoms with E-state index in [1.54, 1.807) is 4.90 Å². The molecule has 1 atom stereocenters. The van der Waals surface area contributed by atoms with Gasteiger partial charge in [-0.3, -0.25) is 4.79 Å². The van der Waals surface area contributed by atoms with Crippen LogP contribution in [0.2, 0.25) is 0 Å². The zero-order valence-corrected chi connectivity index (χ0v) is 12.8. The maximum absolute atomic E-state index is 11.8. The van der Waals surface area contributed by atoms with Crippen LogP contribution < -0.4 is 10.5 Å². The van der Waals surface area contributed by atoms with Crippen molar-refractivity contribution in [2.24, 2.45) is 5.73 Å². The van der Waals surface area contributed by atoms with Gasteiger partial charge in [-0.2, -0.15) is 0 Å². The molecule has 0 saturated heterocycles. The maximum atomic E-state index is 11.8. The van der Waals surface area contributed by atoms with Gasteiger partial charge in [0.25, 0.3) is 5.91 Å². The summed E-state index contributed by atoms with van der Waals surface area (Å²) in [7, 11) is 0. The van der Waals surface area contributed by atoms with Crippen LogP contribution >= 0.6 is 0 Å². The van der Waals surface area contributed by atoms with Gasteiger partial charge in [-0.1, -0.05) is 12.1 Å². The number of rotatable bonds is 8. The zero-order chi connectivity index (χ0) is 15.0. The number of benzene rings is 1. The first kappa shape index (κ1) is 16.5. The summed E-state index contributed by atoms with van der Waals surface area (Å²) in [6.45, 7) is 7.48. The predicted octanol–water partition coefficient (Wildman–Crippen LogP) is 2.21. The van der Waals surface area contributed by atoms with Crippen molar-refractivity contribution in [1.29, 1.82) is 0 Å². The van der Waals surface area contributed by atoms with Crippen molar-refractivity contribution in [3.8, 4) is 5.75 Å². The van der Waals surface area contributed by atoms with Gasteiger partial charge in [0.2, 0.25) is 0 Å². The molecule has 0 bridgehead atoms. The fourth-order valence-electron chi connectivity index (χ4n) is 1.96. The molecular weight excluding hydrogens is 252 g/mol. The van der Waals surface area contributed by atoms with E-state index in [4.69, 9.17) is 10.5 Å². The minimum absolute atomic E-state index is 0.0241. The summed E-state index contributed by atoms with van der Waals surface area (Å²) in [6, 6.07) is 8.09.